The van der Waals surface area contributed by atoms with Crippen molar-refractivity contribution in [1.82, 2.24) is 29.5 Å². The van der Waals surface area contributed by atoms with Gasteiger partial charge in [-0.2, -0.15) is 18.3 Å². The summed E-state index contributed by atoms with van der Waals surface area (Å²) in [4.78, 5) is 25.9. The third kappa shape index (κ3) is 9.38. The molecular formula is C34H37F3N8O2. The number of amides is 1. The molecule has 0 radical (unpaired) electrons. The Morgan fingerprint density at radius 1 is 1.00 bits per heavy atom. The van der Waals surface area contributed by atoms with Gasteiger partial charge in [-0.05, 0) is 55.8 Å². The average molecular weight is 647 g/mol. The highest BCUT2D eigenvalue weighted by Crippen LogP contribution is 2.35. The number of hydrogen-bond acceptors (Lipinski definition) is 8. The minimum atomic E-state index is -4.55. The van der Waals surface area contributed by atoms with E-state index in [2.05, 4.69) is 42.4 Å². The van der Waals surface area contributed by atoms with Gasteiger partial charge in [0.1, 0.15) is 0 Å². The molecule has 0 bridgehead atoms. The first-order chi connectivity index (χ1) is 22.6. The van der Waals surface area contributed by atoms with E-state index in [9.17, 15) is 18.0 Å². The Bertz CT molecular complexity index is 1740. The van der Waals surface area contributed by atoms with Gasteiger partial charge in [0.2, 0.25) is 5.95 Å². The molecular weight excluding hydrogens is 609 g/mol. The lowest BCUT2D eigenvalue weighted by atomic mass is 10.0. The van der Waals surface area contributed by atoms with E-state index in [0.29, 0.717) is 36.8 Å². The molecule has 246 valence electrons. The number of methoxy groups -OCH3 is 1. The maximum absolute atomic E-state index is 14.0. The van der Waals surface area contributed by atoms with E-state index in [4.69, 9.17) is 4.74 Å². The first-order valence-corrected chi connectivity index (χ1v) is 15.2. The number of alkyl halides is 3. The number of aromatic nitrogens is 4. The molecule has 0 spiro atoms. The van der Waals surface area contributed by atoms with Crippen molar-refractivity contribution in [2.75, 3.05) is 57.6 Å². The molecule has 10 nitrogen and oxygen atoms in total. The van der Waals surface area contributed by atoms with E-state index in [-0.39, 0.29) is 23.4 Å². The Labute approximate surface area is 272 Å². The number of rotatable bonds is 10. The monoisotopic (exact) mass is 646 g/mol. The zero-order valence-electron chi connectivity index (χ0n) is 26.6. The van der Waals surface area contributed by atoms with Crippen molar-refractivity contribution < 1.29 is 22.7 Å². The first kappa shape index (κ1) is 33.6. The van der Waals surface area contributed by atoms with Crippen LogP contribution in [0.5, 0.6) is 0 Å². The number of aryl methyl sites for hydroxylation is 2. The first-order valence-electron chi connectivity index (χ1n) is 15.2. The van der Waals surface area contributed by atoms with Crippen LogP contribution in [0.4, 0.5) is 30.5 Å². The van der Waals surface area contributed by atoms with Gasteiger partial charge in [0.25, 0.3) is 5.91 Å². The largest absolute Gasteiger partial charge is 0.416 e. The highest BCUT2D eigenvalue weighted by Gasteiger charge is 2.34. The van der Waals surface area contributed by atoms with Gasteiger partial charge in [0.05, 0.1) is 23.0 Å². The molecule has 2 aromatic carbocycles. The van der Waals surface area contributed by atoms with Gasteiger partial charge in [-0.15, -0.1) is 0 Å². The fraction of sp³-hybridized carbons (Fsp3) is 0.353. The number of nitrogens with zero attached hydrogens (tertiary/aromatic N) is 6. The van der Waals surface area contributed by atoms with Crippen molar-refractivity contribution in [2.45, 2.75) is 32.6 Å². The summed E-state index contributed by atoms with van der Waals surface area (Å²) in [7, 11) is 3.66. The van der Waals surface area contributed by atoms with Gasteiger partial charge in [-0.3, -0.25) is 14.4 Å². The third-order valence-corrected chi connectivity index (χ3v) is 7.78. The number of benzene rings is 2. The molecule has 3 heterocycles. The number of carbonyl (C=O) groups is 1. The van der Waals surface area contributed by atoms with Gasteiger partial charge < -0.3 is 20.3 Å². The van der Waals surface area contributed by atoms with Crippen LogP contribution in [0.1, 0.15) is 44.6 Å². The van der Waals surface area contributed by atoms with E-state index >= 15 is 0 Å². The molecule has 13 heteroatoms. The zero-order valence-corrected chi connectivity index (χ0v) is 26.6. The summed E-state index contributed by atoms with van der Waals surface area (Å²) in [5.74, 6) is 5.92. The van der Waals surface area contributed by atoms with Crippen LogP contribution >= 0.6 is 0 Å². The Kier molecular flexibility index (Phi) is 10.9. The topological polar surface area (TPSA) is 100 Å². The van der Waals surface area contributed by atoms with Crippen molar-refractivity contribution >= 4 is 23.2 Å². The SMILES string of the molecule is COCCCn1cc(Nc2ncc(C#Cc3cc(C(=O)Nc4ccc(CN5CCN(C)CC5)c(C(F)(F)F)c4)ccc3C)cn2)cn1. The predicted octanol–water partition coefficient (Wildman–Crippen LogP) is 5.18. The number of carbonyl (C=O) groups excluding carboxylic acids is 1. The Hall–Kier alpha value is -4.77. The summed E-state index contributed by atoms with van der Waals surface area (Å²) in [6.45, 7) is 6.45. The average Bonchev–Trinajstić information content (AvgIpc) is 3.49. The Morgan fingerprint density at radius 2 is 1.77 bits per heavy atom. The summed E-state index contributed by atoms with van der Waals surface area (Å²) in [5.41, 5.74) is 2.53. The minimum Gasteiger partial charge on any atom is -0.385 e. The molecule has 1 amide bonds. The van der Waals surface area contributed by atoms with Gasteiger partial charge in [-0.25, -0.2) is 9.97 Å². The highest BCUT2D eigenvalue weighted by molar-refractivity contribution is 6.04. The number of anilines is 3. The lowest BCUT2D eigenvalue weighted by Crippen LogP contribution is -2.44. The van der Waals surface area contributed by atoms with Crippen LogP contribution in [0.15, 0.2) is 61.2 Å². The summed E-state index contributed by atoms with van der Waals surface area (Å²) < 4.78 is 48.9. The maximum atomic E-state index is 14.0. The van der Waals surface area contributed by atoms with Crippen molar-refractivity contribution in [3.05, 3.63) is 94.6 Å². The second-order valence-electron chi connectivity index (χ2n) is 11.4. The van der Waals surface area contributed by atoms with Gasteiger partial charge >= 0.3 is 6.18 Å². The Morgan fingerprint density at radius 3 is 2.49 bits per heavy atom. The number of hydrogen-bond donors (Lipinski definition) is 2. The second-order valence-corrected chi connectivity index (χ2v) is 11.4. The fourth-order valence-electron chi connectivity index (χ4n) is 5.05. The molecule has 0 aliphatic carbocycles. The fourth-order valence-corrected chi connectivity index (χ4v) is 5.05. The molecule has 0 unspecified atom stereocenters. The molecule has 47 heavy (non-hydrogen) atoms. The lowest BCUT2D eigenvalue weighted by molar-refractivity contribution is -0.138. The molecule has 2 N–H and O–H groups in total. The summed E-state index contributed by atoms with van der Waals surface area (Å²) in [6, 6.07) is 8.95. The molecule has 2 aromatic heterocycles. The van der Waals surface area contributed by atoms with Crippen molar-refractivity contribution in [1.29, 1.82) is 0 Å². The number of piperazine rings is 1. The molecule has 4 aromatic rings. The lowest BCUT2D eigenvalue weighted by Gasteiger charge is -2.33. The zero-order chi connectivity index (χ0) is 33.4. The summed E-state index contributed by atoms with van der Waals surface area (Å²) >= 11 is 0. The van der Waals surface area contributed by atoms with E-state index in [1.807, 2.05) is 29.7 Å². The minimum absolute atomic E-state index is 0.0712. The Balaban J connectivity index is 1.23. The van der Waals surface area contributed by atoms with Crippen molar-refractivity contribution in [3.63, 3.8) is 0 Å². The molecule has 1 fully saturated rings. The summed E-state index contributed by atoms with van der Waals surface area (Å²) in [6.07, 6.45) is 3.02. The van der Waals surface area contributed by atoms with E-state index in [1.54, 1.807) is 43.9 Å². The number of likely N-dealkylation sites (N-methyl/N-ethyl adjacent to an activating group) is 1. The molecule has 1 aliphatic rings. The molecule has 0 atom stereocenters. The van der Waals surface area contributed by atoms with E-state index < -0.39 is 17.6 Å². The van der Waals surface area contributed by atoms with E-state index in [0.717, 1.165) is 43.4 Å². The van der Waals surface area contributed by atoms with Crippen molar-refractivity contribution in [3.8, 4) is 11.8 Å². The molecule has 5 rings (SSSR count). The van der Waals surface area contributed by atoms with Gasteiger partial charge in [0.15, 0.2) is 0 Å². The van der Waals surface area contributed by atoms with Crippen LogP contribution in [0, 0.1) is 18.8 Å². The van der Waals surface area contributed by atoms with Crippen LogP contribution in [-0.2, 0) is 24.0 Å². The van der Waals surface area contributed by atoms with Crippen molar-refractivity contribution in [2.24, 2.45) is 0 Å². The van der Waals surface area contributed by atoms with Crippen LogP contribution in [0.2, 0.25) is 0 Å². The number of halogens is 3. The summed E-state index contributed by atoms with van der Waals surface area (Å²) in [5, 5.41) is 10.0. The second kappa shape index (κ2) is 15.2. The van der Waals surface area contributed by atoms with Gasteiger partial charge in [0, 0.05) is 88.4 Å². The smallest absolute Gasteiger partial charge is 0.385 e. The number of nitrogens with one attached hydrogen (secondary N) is 2. The van der Waals surface area contributed by atoms with Crippen LogP contribution in [0.3, 0.4) is 0 Å². The highest BCUT2D eigenvalue weighted by atomic mass is 19.4. The van der Waals surface area contributed by atoms with Crippen LogP contribution in [-0.4, -0.2) is 82.4 Å². The molecule has 1 aliphatic heterocycles. The van der Waals surface area contributed by atoms with E-state index in [1.165, 1.54) is 12.1 Å². The van der Waals surface area contributed by atoms with Crippen LogP contribution < -0.4 is 10.6 Å². The quantitative estimate of drug-likeness (QED) is 0.180. The normalized spacial score (nSPS) is 14.0. The standard InChI is InChI=1S/C34H37F3N8O2/c1-24-5-7-27(32(46)41-29-10-9-28(31(18-29)34(35,36)37)22-44-14-12-43(2)13-15-44)17-26(24)8-6-25-19-38-33(39-20-25)42-30-21-40-45(23-30)11-4-16-47-3/h5,7,9-10,17-21,23H,4,11-16,22H2,1-3H3,(H,41,46)(H,38,39,42). The third-order valence-electron chi connectivity index (χ3n) is 7.78. The maximum Gasteiger partial charge on any atom is 0.416 e. The predicted molar refractivity (Wildman–Crippen MR) is 173 cm³/mol. The molecule has 0 saturated carbocycles. The van der Waals surface area contributed by atoms with Crippen LogP contribution in [0.25, 0.3) is 0 Å². The number of ether oxygens (including phenoxy) is 1. The van der Waals surface area contributed by atoms with Gasteiger partial charge in [-0.1, -0.05) is 24.0 Å². The molecule has 1 saturated heterocycles.